The fourth-order valence-electron chi connectivity index (χ4n) is 3.31. The fourth-order valence-corrected chi connectivity index (χ4v) is 4.06. The minimum atomic E-state index is -3.09. The minimum absolute atomic E-state index is 0.137. The minimum Gasteiger partial charge on any atom is -0.299 e. The van der Waals surface area contributed by atoms with Gasteiger partial charge in [-0.3, -0.25) is 4.90 Å². The third-order valence-corrected chi connectivity index (χ3v) is 6.16. The van der Waals surface area contributed by atoms with E-state index in [2.05, 4.69) is 47.4 Å². The first-order chi connectivity index (χ1) is 10.9. The van der Waals surface area contributed by atoms with Gasteiger partial charge < -0.3 is 0 Å². The van der Waals surface area contributed by atoms with Gasteiger partial charge >= 0.3 is 0 Å². The highest BCUT2D eigenvalue weighted by Crippen LogP contribution is 2.21. The van der Waals surface area contributed by atoms with E-state index >= 15 is 0 Å². The molecule has 0 spiro atoms. The molecule has 1 aliphatic rings. The second kappa shape index (κ2) is 6.59. The number of hydrogen-bond donors (Lipinski definition) is 0. The van der Waals surface area contributed by atoms with E-state index in [1.165, 1.54) is 26.9 Å². The third kappa shape index (κ3) is 3.91. The van der Waals surface area contributed by atoms with Gasteiger partial charge in [0.1, 0.15) is 0 Å². The van der Waals surface area contributed by atoms with E-state index in [1.807, 2.05) is 0 Å². The number of piperidine rings is 1. The Morgan fingerprint density at radius 1 is 1.09 bits per heavy atom. The van der Waals surface area contributed by atoms with Crippen LogP contribution < -0.4 is 0 Å². The zero-order chi connectivity index (χ0) is 16.4. The lowest BCUT2D eigenvalue weighted by Crippen LogP contribution is -2.44. The molecule has 2 aromatic rings. The highest BCUT2D eigenvalue weighted by molar-refractivity contribution is 7.88. The Kier molecular flexibility index (Phi) is 4.71. The van der Waals surface area contributed by atoms with Crippen LogP contribution in [0.25, 0.3) is 10.8 Å². The van der Waals surface area contributed by atoms with Crippen molar-refractivity contribution in [1.29, 1.82) is 0 Å². The van der Waals surface area contributed by atoms with Crippen molar-refractivity contribution in [2.75, 3.05) is 26.4 Å². The van der Waals surface area contributed by atoms with Crippen molar-refractivity contribution >= 4 is 20.8 Å². The average Bonchev–Trinajstić information content (AvgIpc) is 2.54. The first-order valence-electron chi connectivity index (χ1n) is 8.06. The summed E-state index contributed by atoms with van der Waals surface area (Å²) < 4.78 is 24.8. The second-order valence-electron chi connectivity index (χ2n) is 6.47. The molecular weight excluding hydrogens is 308 g/mol. The highest BCUT2D eigenvalue weighted by Gasteiger charge is 2.27. The largest absolute Gasteiger partial charge is 0.299 e. The molecular formula is C18H24N2O2S. The van der Waals surface area contributed by atoms with Gasteiger partial charge in [-0.05, 0) is 35.2 Å². The van der Waals surface area contributed by atoms with Gasteiger partial charge in [-0.2, -0.15) is 0 Å². The molecule has 0 N–H and O–H groups in total. The molecule has 1 aliphatic heterocycles. The van der Waals surface area contributed by atoms with Gasteiger partial charge in [-0.25, -0.2) is 12.7 Å². The van der Waals surface area contributed by atoms with Gasteiger partial charge in [0.15, 0.2) is 0 Å². The van der Waals surface area contributed by atoms with Crippen molar-refractivity contribution in [1.82, 2.24) is 9.21 Å². The Morgan fingerprint density at radius 2 is 1.74 bits per heavy atom. The lowest BCUT2D eigenvalue weighted by molar-refractivity contribution is 0.164. The second-order valence-corrected chi connectivity index (χ2v) is 8.51. The van der Waals surface area contributed by atoms with E-state index in [0.29, 0.717) is 0 Å². The molecule has 0 bridgehead atoms. The summed E-state index contributed by atoms with van der Waals surface area (Å²) in [5.74, 6) is 0. The summed E-state index contributed by atoms with van der Waals surface area (Å²) in [6, 6.07) is 15.2. The van der Waals surface area contributed by atoms with Crippen molar-refractivity contribution in [2.45, 2.75) is 25.4 Å². The molecule has 23 heavy (non-hydrogen) atoms. The normalized spacial score (nSPS) is 17.9. The number of sulfonamides is 1. The molecule has 0 aromatic heterocycles. The summed E-state index contributed by atoms with van der Waals surface area (Å²) in [6.07, 6.45) is 3.09. The summed E-state index contributed by atoms with van der Waals surface area (Å²) in [6.45, 7) is 2.81. The molecule has 5 heteroatoms. The van der Waals surface area contributed by atoms with E-state index in [9.17, 15) is 8.42 Å². The molecule has 2 aromatic carbocycles. The SMILES string of the molecule is CN(C1CCN(Cc2ccc3ccccc3c2)CC1)S(C)(=O)=O. The van der Waals surface area contributed by atoms with Crippen molar-refractivity contribution < 1.29 is 8.42 Å². The van der Waals surface area contributed by atoms with E-state index in [-0.39, 0.29) is 6.04 Å². The summed E-state index contributed by atoms with van der Waals surface area (Å²) in [5, 5.41) is 2.54. The van der Waals surface area contributed by atoms with E-state index < -0.39 is 10.0 Å². The molecule has 1 fully saturated rings. The van der Waals surface area contributed by atoms with Crippen LogP contribution in [0, 0.1) is 0 Å². The van der Waals surface area contributed by atoms with Crippen LogP contribution in [-0.4, -0.2) is 50.1 Å². The molecule has 0 atom stereocenters. The first-order valence-corrected chi connectivity index (χ1v) is 9.91. The lowest BCUT2D eigenvalue weighted by atomic mass is 10.0. The monoisotopic (exact) mass is 332 g/mol. The number of fused-ring (bicyclic) bond motifs is 1. The molecule has 3 rings (SSSR count). The van der Waals surface area contributed by atoms with Crippen molar-refractivity contribution in [3.63, 3.8) is 0 Å². The summed E-state index contributed by atoms with van der Waals surface area (Å²) >= 11 is 0. The van der Waals surface area contributed by atoms with Crippen LogP contribution in [0.15, 0.2) is 42.5 Å². The van der Waals surface area contributed by atoms with Gasteiger partial charge in [0, 0.05) is 32.7 Å². The van der Waals surface area contributed by atoms with Crippen molar-refractivity contribution in [3.8, 4) is 0 Å². The molecule has 1 saturated heterocycles. The molecule has 0 unspecified atom stereocenters. The molecule has 124 valence electrons. The van der Waals surface area contributed by atoms with Crippen LogP contribution in [0.4, 0.5) is 0 Å². The Hall–Kier alpha value is -1.43. The van der Waals surface area contributed by atoms with Gasteiger partial charge in [-0.1, -0.05) is 36.4 Å². The number of benzene rings is 2. The summed E-state index contributed by atoms with van der Waals surface area (Å²) in [7, 11) is -1.39. The van der Waals surface area contributed by atoms with Gasteiger partial charge in [0.05, 0.1) is 6.26 Å². The Bertz CT molecular complexity index is 780. The summed E-state index contributed by atoms with van der Waals surface area (Å²) in [5.41, 5.74) is 1.32. The lowest BCUT2D eigenvalue weighted by Gasteiger charge is -2.35. The highest BCUT2D eigenvalue weighted by atomic mass is 32.2. The van der Waals surface area contributed by atoms with Crippen LogP contribution in [0.5, 0.6) is 0 Å². The third-order valence-electron chi connectivity index (χ3n) is 4.81. The van der Waals surface area contributed by atoms with Crippen LogP contribution in [0.2, 0.25) is 0 Å². The maximum Gasteiger partial charge on any atom is 0.211 e. The number of hydrogen-bond acceptors (Lipinski definition) is 3. The number of rotatable bonds is 4. The average molecular weight is 332 g/mol. The summed E-state index contributed by atoms with van der Waals surface area (Å²) in [4.78, 5) is 2.41. The van der Waals surface area contributed by atoms with Crippen molar-refractivity contribution in [3.05, 3.63) is 48.0 Å². The Balaban J connectivity index is 1.62. The first kappa shape index (κ1) is 16.4. The predicted molar refractivity (Wildman–Crippen MR) is 94.9 cm³/mol. The smallest absolute Gasteiger partial charge is 0.211 e. The molecule has 0 saturated carbocycles. The maximum atomic E-state index is 11.6. The quantitative estimate of drug-likeness (QED) is 0.864. The molecule has 0 aliphatic carbocycles. The molecule has 0 amide bonds. The van der Waals surface area contributed by atoms with Crippen molar-refractivity contribution in [2.24, 2.45) is 0 Å². The number of likely N-dealkylation sites (tertiary alicyclic amines) is 1. The Morgan fingerprint density at radius 3 is 2.39 bits per heavy atom. The van der Waals surface area contributed by atoms with E-state index in [4.69, 9.17) is 0 Å². The zero-order valence-electron chi connectivity index (χ0n) is 13.8. The van der Waals surface area contributed by atoms with Gasteiger partial charge in [-0.15, -0.1) is 0 Å². The molecule has 0 radical (unpaired) electrons. The van der Waals surface area contributed by atoms with E-state index in [0.717, 1.165) is 32.5 Å². The maximum absolute atomic E-state index is 11.6. The molecule has 4 nitrogen and oxygen atoms in total. The zero-order valence-corrected chi connectivity index (χ0v) is 14.6. The Labute approximate surface area is 138 Å². The predicted octanol–water partition coefficient (Wildman–Crippen LogP) is 2.70. The van der Waals surface area contributed by atoms with Crippen LogP contribution >= 0.6 is 0 Å². The van der Waals surface area contributed by atoms with Gasteiger partial charge in [0.25, 0.3) is 0 Å². The fraction of sp³-hybridized carbons (Fsp3) is 0.444. The van der Waals surface area contributed by atoms with Crippen LogP contribution in [-0.2, 0) is 16.6 Å². The van der Waals surface area contributed by atoms with Gasteiger partial charge in [0.2, 0.25) is 10.0 Å². The topological polar surface area (TPSA) is 40.6 Å². The standard InChI is InChI=1S/C18H24N2O2S/c1-19(23(2,21)22)18-9-11-20(12-10-18)14-15-7-8-16-5-3-4-6-17(16)13-15/h3-8,13,18H,9-12,14H2,1-2H3. The van der Waals surface area contributed by atoms with E-state index in [1.54, 1.807) is 7.05 Å². The van der Waals surface area contributed by atoms with Crippen LogP contribution in [0.3, 0.4) is 0 Å². The van der Waals surface area contributed by atoms with Crippen LogP contribution in [0.1, 0.15) is 18.4 Å². The number of nitrogens with zero attached hydrogens (tertiary/aromatic N) is 2. The molecule has 1 heterocycles.